The molecule has 0 spiro atoms. The predicted octanol–water partition coefficient (Wildman–Crippen LogP) is 2.65. The highest BCUT2D eigenvalue weighted by Crippen LogP contribution is 2.34. The van der Waals surface area contributed by atoms with Gasteiger partial charge in [-0.05, 0) is 24.3 Å². The fraction of sp³-hybridized carbons (Fsp3) is 0.0769. The van der Waals surface area contributed by atoms with E-state index in [0.29, 0.717) is 12.2 Å². The zero-order valence-corrected chi connectivity index (χ0v) is 13.4. The van der Waals surface area contributed by atoms with Gasteiger partial charge in [-0.15, -0.1) is 4.40 Å². The lowest BCUT2D eigenvalue weighted by Gasteiger charge is -2.19. The Kier molecular flexibility index (Phi) is 3.94. The van der Waals surface area contributed by atoms with Crippen LogP contribution in [0.4, 0.5) is 5.69 Å². The number of sulfonamides is 1. The molecule has 0 amide bonds. The zero-order valence-electron chi connectivity index (χ0n) is 11.0. The Morgan fingerprint density at radius 1 is 1.18 bits per heavy atom. The van der Waals surface area contributed by atoms with Gasteiger partial charge in [-0.2, -0.15) is 8.42 Å². The van der Waals surface area contributed by atoms with Crippen molar-refractivity contribution in [2.45, 2.75) is 11.4 Å². The maximum absolute atomic E-state index is 12.2. The summed E-state index contributed by atoms with van der Waals surface area (Å²) in [5.41, 5.74) is 1.08. The van der Waals surface area contributed by atoms with Gasteiger partial charge in [0.05, 0.1) is 28.0 Å². The minimum Gasteiger partial charge on any atom is -0.350 e. The number of pyridine rings is 1. The SMILES string of the molecule is O=S1(=O)N=C(NCc2ccccn2)Nc2cc(Cl)c(Cl)cc21. The van der Waals surface area contributed by atoms with E-state index in [1.165, 1.54) is 12.1 Å². The molecule has 3 rings (SSSR count). The number of guanidine groups is 1. The van der Waals surface area contributed by atoms with Crippen molar-refractivity contribution in [3.05, 3.63) is 52.3 Å². The topological polar surface area (TPSA) is 83.5 Å². The second-order valence-corrected chi connectivity index (χ2v) is 6.86. The minimum atomic E-state index is -3.84. The molecule has 1 aromatic carbocycles. The number of rotatable bonds is 2. The Morgan fingerprint density at radius 2 is 1.95 bits per heavy atom. The molecule has 0 saturated heterocycles. The van der Waals surface area contributed by atoms with Crippen LogP contribution in [-0.2, 0) is 16.6 Å². The molecule has 1 aromatic heterocycles. The average molecular weight is 357 g/mol. The van der Waals surface area contributed by atoms with Crippen molar-refractivity contribution in [2.75, 3.05) is 5.32 Å². The smallest absolute Gasteiger partial charge is 0.287 e. The molecule has 0 fully saturated rings. The normalized spacial score (nSPS) is 15.5. The summed E-state index contributed by atoms with van der Waals surface area (Å²) in [5, 5.41) is 6.19. The number of aromatic nitrogens is 1. The number of anilines is 1. The van der Waals surface area contributed by atoms with Crippen LogP contribution in [0, 0.1) is 0 Å². The maximum Gasteiger partial charge on any atom is 0.287 e. The first-order valence-corrected chi connectivity index (χ1v) is 8.40. The quantitative estimate of drug-likeness (QED) is 0.863. The third-order valence-corrected chi connectivity index (χ3v) is 4.97. The summed E-state index contributed by atoms with van der Waals surface area (Å²) in [7, 11) is -3.84. The molecule has 6 nitrogen and oxygen atoms in total. The molecule has 9 heteroatoms. The van der Waals surface area contributed by atoms with Gasteiger partial charge in [0, 0.05) is 6.20 Å². The van der Waals surface area contributed by atoms with Gasteiger partial charge in [-0.1, -0.05) is 29.3 Å². The van der Waals surface area contributed by atoms with E-state index in [2.05, 4.69) is 20.0 Å². The zero-order chi connectivity index (χ0) is 15.7. The highest BCUT2D eigenvalue weighted by molar-refractivity contribution is 7.90. The Bertz CT molecular complexity index is 854. The van der Waals surface area contributed by atoms with Gasteiger partial charge in [0.2, 0.25) is 5.96 Å². The monoisotopic (exact) mass is 356 g/mol. The Balaban J connectivity index is 1.87. The van der Waals surface area contributed by atoms with E-state index in [0.717, 1.165) is 5.69 Å². The molecule has 2 N–H and O–H groups in total. The van der Waals surface area contributed by atoms with Crippen LogP contribution in [0.1, 0.15) is 5.69 Å². The number of benzene rings is 1. The van der Waals surface area contributed by atoms with E-state index >= 15 is 0 Å². The summed E-state index contributed by atoms with van der Waals surface area (Å²) in [6.45, 7) is 0.332. The molecule has 0 saturated carbocycles. The second kappa shape index (κ2) is 5.75. The van der Waals surface area contributed by atoms with Gasteiger partial charge in [0.1, 0.15) is 4.90 Å². The molecule has 0 unspecified atom stereocenters. The molecule has 0 aliphatic carbocycles. The van der Waals surface area contributed by atoms with E-state index in [-0.39, 0.29) is 20.9 Å². The molecule has 22 heavy (non-hydrogen) atoms. The van der Waals surface area contributed by atoms with Crippen molar-refractivity contribution in [1.82, 2.24) is 10.3 Å². The summed E-state index contributed by atoms with van der Waals surface area (Å²) < 4.78 is 28.0. The lowest BCUT2D eigenvalue weighted by molar-refractivity contribution is 0.597. The molecular weight excluding hydrogens is 347 g/mol. The second-order valence-electron chi connectivity index (χ2n) is 4.48. The highest BCUT2D eigenvalue weighted by Gasteiger charge is 2.26. The van der Waals surface area contributed by atoms with Gasteiger partial charge >= 0.3 is 0 Å². The molecule has 114 valence electrons. The lowest BCUT2D eigenvalue weighted by Crippen LogP contribution is -2.34. The van der Waals surface area contributed by atoms with E-state index in [1.807, 2.05) is 12.1 Å². The number of hydrogen-bond acceptors (Lipinski definition) is 5. The molecular formula is C13H10Cl2N4O2S. The summed E-state index contributed by atoms with van der Waals surface area (Å²) in [6.07, 6.45) is 1.65. The molecule has 1 aliphatic rings. The van der Waals surface area contributed by atoms with Gasteiger partial charge in [0.25, 0.3) is 10.0 Å². The van der Waals surface area contributed by atoms with E-state index in [4.69, 9.17) is 23.2 Å². The molecule has 1 aliphatic heterocycles. The van der Waals surface area contributed by atoms with Crippen molar-refractivity contribution in [2.24, 2.45) is 4.40 Å². The number of nitrogens with zero attached hydrogens (tertiary/aromatic N) is 2. The largest absolute Gasteiger partial charge is 0.350 e. The highest BCUT2D eigenvalue weighted by atomic mass is 35.5. The maximum atomic E-state index is 12.2. The number of hydrogen-bond donors (Lipinski definition) is 2. The third kappa shape index (κ3) is 3.01. The standard InChI is InChI=1S/C13H10Cl2N4O2S/c14-9-5-11-12(6-10(9)15)22(20,21)19-13(18-11)17-7-8-3-1-2-4-16-8/h1-6H,7H2,(H2,17,18,19). The Labute approximate surface area is 137 Å². The van der Waals surface area contributed by atoms with Crippen LogP contribution in [0.3, 0.4) is 0 Å². The number of halogens is 2. The molecule has 2 heterocycles. The van der Waals surface area contributed by atoms with E-state index in [1.54, 1.807) is 12.3 Å². The first-order chi connectivity index (χ1) is 10.5. The summed E-state index contributed by atoms with van der Waals surface area (Å²) >= 11 is 11.8. The van der Waals surface area contributed by atoms with Crippen molar-refractivity contribution >= 4 is 44.9 Å². The fourth-order valence-corrected chi connectivity index (χ4v) is 3.41. The fourth-order valence-electron chi connectivity index (χ4n) is 1.91. The van der Waals surface area contributed by atoms with Gasteiger partial charge in [-0.25, -0.2) is 0 Å². The summed E-state index contributed by atoms with van der Waals surface area (Å²) in [4.78, 5) is 4.13. The van der Waals surface area contributed by atoms with Crippen molar-refractivity contribution in [3.63, 3.8) is 0 Å². The molecule has 0 bridgehead atoms. The van der Waals surface area contributed by atoms with Crippen LogP contribution in [-0.4, -0.2) is 19.4 Å². The molecule has 0 radical (unpaired) electrons. The Hall–Kier alpha value is -1.83. The number of nitrogens with one attached hydrogen (secondary N) is 2. The number of fused-ring (bicyclic) bond motifs is 1. The van der Waals surface area contributed by atoms with Crippen LogP contribution in [0.15, 0.2) is 45.8 Å². The lowest BCUT2D eigenvalue weighted by atomic mass is 10.3. The van der Waals surface area contributed by atoms with Crippen LogP contribution in [0.25, 0.3) is 0 Å². The first-order valence-electron chi connectivity index (χ1n) is 6.20. The van der Waals surface area contributed by atoms with Crippen molar-refractivity contribution < 1.29 is 8.42 Å². The van der Waals surface area contributed by atoms with Crippen molar-refractivity contribution in [3.8, 4) is 0 Å². The Morgan fingerprint density at radius 3 is 2.68 bits per heavy atom. The molecule has 2 aromatic rings. The summed E-state index contributed by atoms with van der Waals surface area (Å²) in [5.74, 6) is 0.108. The first kappa shape index (κ1) is 15.1. The van der Waals surface area contributed by atoms with Gasteiger partial charge < -0.3 is 10.6 Å². The third-order valence-electron chi connectivity index (χ3n) is 2.93. The van der Waals surface area contributed by atoms with Crippen LogP contribution in [0.2, 0.25) is 10.0 Å². The minimum absolute atomic E-state index is 0.00899. The van der Waals surface area contributed by atoms with Gasteiger partial charge in [0.15, 0.2) is 0 Å². The van der Waals surface area contributed by atoms with Gasteiger partial charge in [-0.3, -0.25) is 4.98 Å². The van der Waals surface area contributed by atoms with E-state index in [9.17, 15) is 8.42 Å². The van der Waals surface area contributed by atoms with Crippen LogP contribution >= 0.6 is 23.2 Å². The molecule has 0 atom stereocenters. The van der Waals surface area contributed by atoms with Crippen LogP contribution in [0.5, 0.6) is 0 Å². The summed E-state index contributed by atoms with van der Waals surface area (Å²) in [6, 6.07) is 8.18. The predicted molar refractivity (Wildman–Crippen MR) is 85.8 cm³/mol. The average Bonchev–Trinajstić information content (AvgIpc) is 2.48. The van der Waals surface area contributed by atoms with Crippen molar-refractivity contribution in [1.29, 1.82) is 0 Å². The van der Waals surface area contributed by atoms with Crippen LogP contribution < -0.4 is 10.6 Å². The van der Waals surface area contributed by atoms with E-state index < -0.39 is 10.0 Å².